The van der Waals surface area contributed by atoms with Crippen LogP contribution in [-0.2, 0) is 22.3 Å². The van der Waals surface area contributed by atoms with Crippen LogP contribution in [0.1, 0.15) is 36.8 Å². The smallest absolute Gasteiger partial charge is 0.243 e. The molecule has 0 N–H and O–H groups in total. The Hall–Kier alpha value is -1.83. The maximum absolute atomic E-state index is 13.0. The molecule has 1 saturated carbocycles. The van der Waals surface area contributed by atoms with E-state index in [9.17, 15) is 8.42 Å². The lowest BCUT2D eigenvalue weighted by Crippen LogP contribution is -2.27. The highest BCUT2D eigenvalue weighted by molar-refractivity contribution is 7.98. The number of hydrogen-bond acceptors (Lipinski definition) is 4. The second kappa shape index (κ2) is 8.02. The molecule has 0 bridgehead atoms. The fourth-order valence-corrected chi connectivity index (χ4v) is 6.52. The molecule has 7 heteroatoms. The maximum Gasteiger partial charge on any atom is 0.243 e. The molecular formula is C23H27N3O2S2. The van der Waals surface area contributed by atoms with Crippen LogP contribution in [0.3, 0.4) is 0 Å². The Balaban J connectivity index is 1.47. The van der Waals surface area contributed by atoms with Gasteiger partial charge in [-0.25, -0.2) is 13.4 Å². The summed E-state index contributed by atoms with van der Waals surface area (Å²) >= 11 is 1.73. The molecule has 0 radical (unpaired) electrons. The van der Waals surface area contributed by atoms with Crippen molar-refractivity contribution in [3.8, 4) is 0 Å². The highest BCUT2D eigenvalue weighted by Crippen LogP contribution is 2.36. The van der Waals surface area contributed by atoms with E-state index in [0.29, 0.717) is 23.9 Å². The summed E-state index contributed by atoms with van der Waals surface area (Å²) in [5.41, 5.74) is 4.35. The predicted octanol–water partition coefficient (Wildman–Crippen LogP) is 4.83. The van der Waals surface area contributed by atoms with Crippen molar-refractivity contribution in [2.75, 3.05) is 13.1 Å². The Morgan fingerprint density at radius 3 is 2.50 bits per heavy atom. The molecule has 5 nitrogen and oxygen atoms in total. The van der Waals surface area contributed by atoms with Gasteiger partial charge in [0.15, 0.2) is 5.16 Å². The second-order valence-electron chi connectivity index (χ2n) is 8.48. The molecule has 0 spiro atoms. The van der Waals surface area contributed by atoms with Crippen molar-refractivity contribution in [2.45, 2.75) is 55.0 Å². The minimum atomic E-state index is -3.43. The lowest BCUT2D eigenvalue weighted by Gasteiger charge is -2.15. The number of fused-ring (bicyclic) bond motifs is 1. The Morgan fingerprint density at radius 2 is 1.80 bits per heavy atom. The summed E-state index contributed by atoms with van der Waals surface area (Å²) in [5, 5.41) is 0.980. The van der Waals surface area contributed by atoms with Crippen LogP contribution in [-0.4, -0.2) is 35.4 Å². The number of thioether (sulfide) groups is 1. The van der Waals surface area contributed by atoms with E-state index in [1.807, 2.05) is 6.07 Å². The van der Waals surface area contributed by atoms with Gasteiger partial charge in [-0.05, 0) is 62.3 Å². The maximum atomic E-state index is 13.0. The van der Waals surface area contributed by atoms with E-state index in [1.54, 1.807) is 28.2 Å². The van der Waals surface area contributed by atoms with Gasteiger partial charge in [0.25, 0.3) is 0 Å². The molecule has 3 aromatic rings. The molecule has 158 valence electrons. The number of benzene rings is 2. The number of hydrogen-bond donors (Lipinski definition) is 0. The summed E-state index contributed by atoms with van der Waals surface area (Å²) in [4.78, 5) is 5.23. The summed E-state index contributed by atoms with van der Waals surface area (Å²) < 4.78 is 29.9. The van der Waals surface area contributed by atoms with Crippen LogP contribution in [0.5, 0.6) is 0 Å². The molecule has 0 unspecified atom stereocenters. The average Bonchev–Trinajstić information content (AvgIpc) is 3.25. The van der Waals surface area contributed by atoms with Gasteiger partial charge in [-0.1, -0.05) is 41.6 Å². The molecular weight excluding hydrogens is 414 g/mol. The van der Waals surface area contributed by atoms with Crippen molar-refractivity contribution >= 4 is 32.8 Å². The van der Waals surface area contributed by atoms with Gasteiger partial charge < -0.3 is 4.57 Å². The Labute approximate surface area is 182 Å². The average molecular weight is 442 g/mol. The Morgan fingerprint density at radius 1 is 1.07 bits per heavy atom. The molecule has 1 aromatic heterocycles. The van der Waals surface area contributed by atoms with Gasteiger partial charge in [0, 0.05) is 25.4 Å². The van der Waals surface area contributed by atoms with Crippen molar-refractivity contribution in [1.82, 2.24) is 13.9 Å². The molecule has 2 aliphatic rings. The van der Waals surface area contributed by atoms with E-state index in [1.165, 1.54) is 24.0 Å². The van der Waals surface area contributed by atoms with Crippen molar-refractivity contribution in [1.29, 1.82) is 0 Å². The number of aryl methyl sites for hydroxylation is 1. The zero-order chi connectivity index (χ0) is 20.7. The first-order valence-corrected chi connectivity index (χ1v) is 13.1. The number of imidazole rings is 1. The lowest BCUT2D eigenvalue weighted by atomic mass is 10.2. The van der Waals surface area contributed by atoms with E-state index in [2.05, 4.69) is 35.8 Å². The number of rotatable bonds is 7. The fourth-order valence-electron chi connectivity index (χ4n) is 4.00. The zero-order valence-corrected chi connectivity index (χ0v) is 18.9. The van der Waals surface area contributed by atoms with Gasteiger partial charge in [-0.15, -0.1) is 0 Å². The molecule has 1 aliphatic heterocycles. The largest absolute Gasteiger partial charge is 0.319 e. The molecule has 0 amide bonds. The van der Waals surface area contributed by atoms with Crippen molar-refractivity contribution in [2.24, 2.45) is 5.92 Å². The standard InChI is InChI=1S/C23H27N3O2S2/c1-17-4-6-19(7-5-17)16-29-23-24-21-14-20(30(27,28)25-12-2-3-13-25)10-11-22(21)26(23)15-18-8-9-18/h4-7,10-11,14,18H,2-3,8-9,12-13,15-16H2,1H3. The molecule has 30 heavy (non-hydrogen) atoms. The monoisotopic (exact) mass is 441 g/mol. The zero-order valence-electron chi connectivity index (χ0n) is 17.3. The van der Waals surface area contributed by atoms with E-state index >= 15 is 0 Å². The quantitative estimate of drug-likeness (QED) is 0.493. The molecule has 1 saturated heterocycles. The first-order chi connectivity index (χ1) is 14.5. The highest BCUT2D eigenvalue weighted by atomic mass is 32.2. The number of nitrogens with zero attached hydrogens (tertiary/aromatic N) is 3. The SMILES string of the molecule is Cc1ccc(CSc2nc3cc(S(=O)(=O)N4CCCC4)ccc3n2CC2CC2)cc1. The minimum absolute atomic E-state index is 0.364. The number of aromatic nitrogens is 2. The van der Waals surface area contributed by atoms with E-state index in [-0.39, 0.29) is 0 Å². The van der Waals surface area contributed by atoms with E-state index < -0.39 is 10.0 Å². The molecule has 5 rings (SSSR count). The van der Waals surface area contributed by atoms with Crippen LogP contribution in [0.15, 0.2) is 52.5 Å². The third-order valence-corrected chi connectivity index (χ3v) is 8.96. The van der Waals surface area contributed by atoms with Crippen molar-refractivity contribution in [3.05, 3.63) is 53.6 Å². The van der Waals surface area contributed by atoms with Crippen molar-refractivity contribution < 1.29 is 8.42 Å². The summed E-state index contributed by atoms with van der Waals surface area (Å²) in [7, 11) is -3.43. The van der Waals surface area contributed by atoms with Gasteiger partial charge >= 0.3 is 0 Å². The molecule has 2 aromatic carbocycles. The van der Waals surface area contributed by atoms with Gasteiger partial charge in [0.1, 0.15) is 0 Å². The van der Waals surface area contributed by atoms with Crippen LogP contribution in [0.25, 0.3) is 11.0 Å². The van der Waals surface area contributed by atoms with E-state index in [4.69, 9.17) is 4.98 Å². The first kappa shape index (κ1) is 20.1. The van der Waals surface area contributed by atoms with Gasteiger partial charge in [-0.2, -0.15) is 4.31 Å². The second-order valence-corrected chi connectivity index (χ2v) is 11.4. The van der Waals surface area contributed by atoms with Crippen LogP contribution < -0.4 is 0 Å². The summed E-state index contributed by atoms with van der Waals surface area (Å²) in [6.07, 6.45) is 4.42. The molecule has 0 atom stereocenters. The third kappa shape index (κ3) is 4.03. The molecule has 2 heterocycles. The lowest BCUT2D eigenvalue weighted by molar-refractivity contribution is 0.477. The Bertz CT molecular complexity index is 1160. The summed E-state index contributed by atoms with van der Waals surface area (Å²) in [6, 6.07) is 14.1. The van der Waals surface area contributed by atoms with E-state index in [0.717, 1.165) is 41.3 Å². The third-order valence-electron chi connectivity index (χ3n) is 6.01. The van der Waals surface area contributed by atoms with Gasteiger partial charge in [0.2, 0.25) is 10.0 Å². The van der Waals surface area contributed by atoms with Crippen LogP contribution in [0.4, 0.5) is 0 Å². The van der Waals surface area contributed by atoms with Gasteiger partial charge in [0.05, 0.1) is 15.9 Å². The van der Waals surface area contributed by atoms with Crippen LogP contribution >= 0.6 is 11.8 Å². The van der Waals surface area contributed by atoms with Crippen molar-refractivity contribution in [3.63, 3.8) is 0 Å². The highest BCUT2D eigenvalue weighted by Gasteiger charge is 2.29. The van der Waals surface area contributed by atoms with Crippen LogP contribution in [0, 0.1) is 12.8 Å². The number of sulfonamides is 1. The normalized spacial score (nSPS) is 17.8. The topological polar surface area (TPSA) is 55.2 Å². The first-order valence-electron chi connectivity index (χ1n) is 10.7. The molecule has 2 fully saturated rings. The van der Waals surface area contributed by atoms with Gasteiger partial charge in [-0.3, -0.25) is 0 Å². The van der Waals surface area contributed by atoms with Crippen LogP contribution in [0.2, 0.25) is 0 Å². The molecule has 1 aliphatic carbocycles. The fraction of sp³-hybridized carbons (Fsp3) is 0.435. The summed E-state index contributed by atoms with van der Waals surface area (Å²) in [6.45, 7) is 4.30. The Kier molecular flexibility index (Phi) is 5.37. The summed E-state index contributed by atoms with van der Waals surface area (Å²) in [5.74, 6) is 1.57. The predicted molar refractivity (Wildman–Crippen MR) is 121 cm³/mol. The minimum Gasteiger partial charge on any atom is -0.319 e.